The second kappa shape index (κ2) is 9.08. The van der Waals surface area contributed by atoms with Gasteiger partial charge in [-0.2, -0.15) is 0 Å². The van der Waals surface area contributed by atoms with Crippen LogP contribution in [0.15, 0.2) is 36.4 Å². The summed E-state index contributed by atoms with van der Waals surface area (Å²) in [5.41, 5.74) is 1.69. The number of carbonyl (C=O) groups excluding carboxylic acids is 2. The predicted octanol–water partition coefficient (Wildman–Crippen LogP) is 3.78. The summed E-state index contributed by atoms with van der Waals surface area (Å²) in [4.78, 5) is 27.2. The summed E-state index contributed by atoms with van der Waals surface area (Å²) in [5, 5.41) is 2.95. The van der Waals surface area contributed by atoms with Crippen molar-refractivity contribution < 1.29 is 28.5 Å². The van der Waals surface area contributed by atoms with E-state index in [1.807, 2.05) is 36.4 Å². The Balaban J connectivity index is 1.16. The van der Waals surface area contributed by atoms with E-state index in [9.17, 15) is 9.59 Å². The molecular formula is C26H30N2O6. The second-order valence-electron chi connectivity index (χ2n) is 9.15. The first-order valence-corrected chi connectivity index (χ1v) is 11.8. The number of ether oxygens (including phenoxy) is 4. The number of nitrogens with zero attached hydrogens (tertiary/aromatic N) is 1. The fourth-order valence-corrected chi connectivity index (χ4v) is 5.00. The van der Waals surface area contributed by atoms with Crippen LogP contribution in [0.4, 0.5) is 5.69 Å². The Morgan fingerprint density at radius 1 is 1.06 bits per heavy atom. The molecule has 1 saturated heterocycles. The summed E-state index contributed by atoms with van der Waals surface area (Å²) in [6.45, 7) is 0.954. The number of nitrogens with one attached hydrogen (secondary N) is 1. The fraction of sp³-hybridized carbons (Fsp3) is 0.462. The number of anilines is 1. The lowest BCUT2D eigenvalue weighted by atomic mass is 10.1. The van der Waals surface area contributed by atoms with Crippen LogP contribution >= 0.6 is 0 Å². The van der Waals surface area contributed by atoms with E-state index in [2.05, 4.69) is 5.32 Å². The monoisotopic (exact) mass is 466 g/mol. The van der Waals surface area contributed by atoms with Gasteiger partial charge < -0.3 is 29.2 Å². The van der Waals surface area contributed by atoms with Crippen molar-refractivity contribution >= 4 is 17.5 Å². The third kappa shape index (κ3) is 4.36. The Morgan fingerprint density at radius 2 is 1.82 bits per heavy atom. The lowest BCUT2D eigenvalue weighted by Crippen LogP contribution is -2.34. The Bertz CT molecular complexity index is 1090. The van der Waals surface area contributed by atoms with Crippen molar-refractivity contribution in [1.29, 1.82) is 0 Å². The molecule has 34 heavy (non-hydrogen) atoms. The van der Waals surface area contributed by atoms with Gasteiger partial charge >= 0.3 is 0 Å². The predicted molar refractivity (Wildman–Crippen MR) is 125 cm³/mol. The highest BCUT2D eigenvalue weighted by Gasteiger charge is 2.44. The second-order valence-corrected chi connectivity index (χ2v) is 9.15. The molecule has 1 spiro atoms. The summed E-state index contributed by atoms with van der Waals surface area (Å²) >= 11 is 0. The standard InChI is InChI=1S/C26H30N2O6/c1-31-20-7-5-17(13-22(20)32-2)9-12-28-16-18(14-24(28)29)25(30)27-19-6-8-21-23(15-19)34-26(33-21)10-3-4-11-26/h5-8,13,15,18H,3-4,9-12,14,16H2,1-2H3,(H,27,30)/t18-/m1/s1. The summed E-state index contributed by atoms with van der Waals surface area (Å²) in [6, 6.07) is 11.2. The maximum Gasteiger partial charge on any atom is 0.251 e. The minimum atomic E-state index is -0.531. The Kier molecular flexibility index (Phi) is 5.98. The van der Waals surface area contributed by atoms with E-state index in [0.717, 1.165) is 37.0 Å². The smallest absolute Gasteiger partial charge is 0.251 e. The molecule has 1 saturated carbocycles. The van der Waals surface area contributed by atoms with E-state index in [0.29, 0.717) is 42.4 Å². The molecule has 2 heterocycles. The van der Waals surface area contributed by atoms with Crippen molar-refractivity contribution in [3.63, 3.8) is 0 Å². The van der Waals surface area contributed by atoms with Gasteiger partial charge in [-0.05, 0) is 49.1 Å². The zero-order valence-electron chi connectivity index (χ0n) is 19.6. The molecule has 2 aromatic carbocycles. The van der Waals surface area contributed by atoms with Crippen LogP contribution in [0, 0.1) is 5.92 Å². The van der Waals surface area contributed by atoms with Crippen molar-refractivity contribution in [2.75, 3.05) is 32.6 Å². The molecule has 0 bridgehead atoms. The van der Waals surface area contributed by atoms with E-state index in [-0.39, 0.29) is 24.2 Å². The number of likely N-dealkylation sites (tertiary alicyclic amines) is 1. The number of benzene rings is 2. The van der Waals surface area contributed by atoms with Gasteiger partial charge in [-0.3, -0.25) is 9.59 Å². The average molecular weight is 467 g/mol. The lowest BCUT2D eigenvalue weighted by Gasteiger charge is -2.21. The molecule has 8 heteroatoms. The molecule has 1 aliphatic carbocycles. The molecule has 180 valence electrons. The minimum absolute atomic E-state index is 0.00510. The number of rotatable bonds is 7. The maximum absolute atomic E-state index is 12.9. The fourth-order valence-electron chi connectivity index (χ4n) is 5.00. The van der Waals surface area contributed by atoms with Crippen molar-refractivity contribution in [2.24, 2.45) is 5.92 Å². The van der Waals surface area contributed by atoms with Crippen molar-refractivity contribution in [1.82, 2.24) is 4.90 Å². The molecular weight excluding hydrogens is 436 g/mol. The van der Waals surface area contributed by atoms with E-state index >= 15 is 0 Å². The summed E-state index contributed by atoms with van der Waals surface area (Å²) in [7, 11) is 3.20. The largest absolute Gasteiger partial charge is 0.493 e. The number of fused-ring (bicyclic) bond motifs is 1. The van der Waals surface area contributed by atoms with Crippen LogP contribution in [0.2, 0.25) is 0 Å². The first kappa shape index (κ1) is 22.4. The quantitative estimate of drug-likeness (QED) is 0.669. The van der Waals surface area contributed by atoms with Crippen LogP contribution in [-0.4, -0.2) is 49.8 Å². The molecule has 5 rings (SSSR count). The van der Waals surface area contributed by atoms with E-state index in [1.54, 1.807) is 19.1 Å². The molecule has 3 aliphatic rings. The highest BCUT2D eigenvalue weighted by atomic mass is 16.7. The molecule has 2 fully saturated rings. The van der Waals surface area contributed by atoms with E-state index < -0.39 is 5.79 Å². The molecule has 2 amide bonds. The van der Waals surface area contributed by atoms with Gasteiger partial charge in [0.15, 0.2) is 23.0 Å². The number of hydrogen-bond donors (Lipinski definition) is 1. The van der Waals surface area contributed by atoms with Gasteiger partial charge in [0.1, 0.15) is 0 Å². The molecule has 0 unspecified atom stereocenters. The van der Waals surface area contributed by atoms with Crippen LogP contribution in [-0.2, 0) is 16.0 Å². The van der Waals surface area contributed by atoms with Crippen molar-refractivity contribution in [2.45, 2.75) is 44.3 Å². The first-order valence-electron chi connectivity index (χ1n) is 11.8. The van der Waals surface area contributed by atoms with Gasteiger partial charge in [0.2, 0.25) is 11.8 Å². The highest BCUT2D eigenvalue weighted by molar-refractivity contribution is 5.97. The molecule has 2 aliphatic heterocycles. The lowest BCUT2D eigenvalue weighted by molar-refractivity contribution is -0.128. The van der Waals surface area contributed by atoms with Gasteiger partial charge in [-0.1, -0.05) is 6.07 Å². The first-order chi connectivity index (χ1) is 16.5. The summed E-state index contributed by atoms with van der Waals surface area (Å²) in [6.07, 6.45) is 4.83. The topological polar surface area (TPSA) is 86.3 Å². The molecule has 1 atom stereocenters. The molecule has 8 nitrogen and oxygen atoms in total. The number of methoxy groups -OCH3 is 2. The van der Waals surface area contributed by atoms with Crippen molar-refractivity contribution in [3.8, 4) is 23.0 Å². The summed E-state index contributed by atoms with van der Waals surface area (Å²) in [5.74, 6) is 1.64. The van der Waals surface area contributed by atoms with Gasteiger partial charge in [0.25, 0.3) is 5.79 Å². The Morgan fingerprint density at radius 3 is 2.59 bits per heavy atom. The van der Waals surface area contributed by atoms with Crippen LogP contribution in [0.3, 0.4) is 0 Å². The number of amides is 2. The number of carbonyl (C=O) groups is 2. The number of hydrogen-bond acceptors (Lipinski definition) is 6. The SMILES string of the molecule is COc1ccc(CCN2C[C@H](C(=O)Nc3ccc4c(c3)OC3(CCCC3)O4)CC2=O)cc1OC. The van der Waals surface area contributed by atoms with Crippen LogP contribution < -0.4 is 24.3 Å². The maximum atomic E-state index is 12.9. The Labute approximate surface area is 199 Å². The van der Waals surface area contributed by atoms with E-state index in [1.165, 1.54) is 0 Å². The third-order valence-electron chi connectivity index (χ3n) is 6.87. The van der Waals surface area contributed by atoms with Gasteiger partial charge in [-0.15, -0.1) is 0 Å². The van der Waals surface area contributed by atoms with Gasteiger partial charge in [-0.25, -0.2) is 0 Å². The van der Waals surface area contributed by atoms with Crippen LogP contribution in [0.25, 0.3) is 0 Å². The summed E-state index contributed by atoms with van der Waals surface area (Å²) < 4.78 is 22.8. The van der Waals surface area contributed by atoms with E-state index in [4.69, 9.17) is 18.9 Å². The molecule has 0 aromatic heterocycles. The van der Waals surface area contributed by atoms with Crippen LogP contribution in [0.5, 0.6) is 23.0 Å². The zero-order chi connectivity index (χ0) is 23.7. The van der Waals surface area contributed by atoms with Gasteiger partial charge in [0.05, 0.1) is 20.1 Å². The zero-order valence-corrected chi connectivity index (χ0v) is 19.6. The van der Waals surface area contributed by atoms with Crippen LogP contribution in [0.1, 0.15) is 37.7 Å². The average Bonchev–Trinajstić information content (AvgIpc) is 3.55. The Hall–Kier alpha value is -3.42. The third-order valence-corrected chi connectivity index (χ3v) is 6.87. The molecule has 2 aromatic rings. The molecule has 0 radical (unpaired) electrons. The molecule has 1 N–H and O–H groups in total. The van der Waals surface area contributed by atoms with Crippen molar-refractivity contribution in [3.05, 3.63) is 42.0 Å². The normalized spacial score (nSPS) is 20.1. The minimum Gasteiger partial charge on any atom is -0.493 e. The highest BCUT2D eigenvalue weighted by Crippen LogP contribution is 2.47. The van der Waals surface area contributed by atoms with Gasteiger partial charge in [0, 0.05) is 44.1 Å².